The number of allylic oxidation sites excluding steroid dienone is 2. The van der Waals surface area contributed by atoms with Gasteiger partial charge in [0.05, 0.1) is 5.92 Å². The number of hydrogen-bond donors (Lipinski definition) is 1. The summed E-state index contributed by atoms with van der Waals surface area (Å²) in [5.74, 6) is 0.738. The first kappa shape index (κ1) is 31.5. The number of rotatable bonds is 7. The summed E-state index contributed by atoms with van der Waals surface area (Å²) in [4.78, 5) is 42.3. The van der Waals surface area contributed by atoms with Crippen molar-refractivity contribution in [3.63, 3.8) is 0 Å². The van der Waals surface area contributed by atoms with Crippen LogP contribution in [0.5, 0.6) is 0 Å². The van der Waals surface area contributed by atoms with Crippen LogP contribution in [-0.2, 0) is 25.7 Å². The first-order valence-electron chi connectivity index (χ1n) is 17.4. The van der Waals surface area contributed by atoms with Crippen LogP contribution >= 0.6 is 0 Å². The second-order valence-corrected chi connectivity index (χ2v) is 15.9. The molecule has 0 radical (unpaired) electrons. The minimum atomic E-state index is -0.294. The average molecular weight is 603 g/mol. The van der Waals surface area contributed by atoms with Gasteiger partial charge in [-0.1, -0.05) is 76.1 Å². The molecule has 6 rings (SSSR count). The van der Waals surface area contributed by atoms with Gasteiger partial charge in [0.25, 0.3) is 0 Å². The van der Waals surface area contributed by atoms with Crippen LogP contribution in [0, 0.1) is 39.4 Å². The van der Waals surface area contributed by atoms with Crippen molar-refractivity contribution in [3.05, 3.63) is 47.0 Å². The van der Waals surface area contributed by atoms with Crippen LogP contribution in [0.2, 0.25) is 0 Å². The molecule has 6 heteroatoms. The Bertz CT molecular complexity index is 1310. The van der Waals surface area contributed by atoms with E-state index >= 15 is 0 Å². The Balaban J connectivity index is 1.28. The number of esters is 1. The third-order valence-electron chi connectivity index (χ3n) is 13.7. The molecule has 0 spiro atoms. The molecule has 1 aliphatic heterocycles. The smallest absolute Gasteiger partial charge is 0.309 e. The summed E-state index contributed by atoms with van der Waals surface area (Å²) in [6.07, 6.45) is 8.91. The van der Waals surface area contributed by atoms with E-state index in [0.717, 1.165) is 76.7 Å². The van der Waals surface area contributed by atoms with E-state index in [9.17, 15) is 14.4 Å². The van der Waals surface area contributed by atoms with E-state index in [0.29, 0.717) is 31.0 Å². The predicted octanol–water partition coefficient (Wildman–Crippen LogP) is 6.88. The van der Waals surface area contributed by atoms with Gasteiger partial charge in [-0.25, -0.2) is 0 Å². The predicted molar refractivity (Wildman–Crippen MR) is 172 cm³/mol. The van der Waals surface area contributed by atoms with E-state index < -0.39 is 0 Å². The van der Waals surface area contributed by atoms with Gasteiger partial charge in [-0.05, 0) is 85.0 Å². The number of fused-ring (bicyclic) bond motifs is 4. The minimum Gasteiger partial charge on any atom is -0.461 e. The van der Waals surface area contributed by atoms with Crippen LogP contribution in [-0.4, -0.2) is 48.7 Å². The monoisotopic (exact) mass is 602 g/mol. The molecule has 1 amide bonds. The molecule has 0 unspecified atom stereocenters. The van der Waals surface area contributed by atoms with Gasteiger partial charge in [0.2, 0.25) is 5.91 Å². The lowest BCUT2D eigenvalue weighted by Gasteiger charge is -2.60. The topological polar surface area (TPSA) is 75.7 Å². The molecule has 3 fully saturated rings. The number of carbonyl (C=O) groups excluding carboxylic acids is 3. The zero-order chi connectivity index (χ0) is 31.3. The Kier molecular flexibility index (Phi) is 8.39. The quantitative estimate of drug-likeness (QED) is 0.272. The molecule has 1 saturated heterocycles. The van der Waals surface area contributed by atoms with E-state index in [1.54, 1.807) is 11.1 Å². The molecule has 44 heavy (non-hydrogen) atoms. The number of piperazine rings is 1. The summed E-state index contributed by atoms with van der Waals surface area (Å²) >= 11 is 0. The Morgan fingerprint density at radius 3 is 2.39 bits per heavy atom. The number of carbonyl (C=O) groups is 3. The van der Waals surface area contributed by atoms with Gasteiger partial charge in [-0.15, -0.1) is 0 Å². The van der Waals surface area contributed by atoms with Gasteiger partial charge < -0.3 is 15.0 Å². The highest BCUT2D eigenvalue weighted by Crippen LogP contribution is 2.72. The van der Waals surface area contributed by atoms with Gasteiger partial charge in [0.15, 0.2) is 0 Å². The lowest BCUT2D eigenvalue weighted by Crippen LogP contribution is -2.54. The summed E-state index contributed by atoms with van der Waals surface area (Å²) in [6.45, 7) is 15.2. The number of hydrogen-bond acceptors (Lipinski definition) is 5. The van der Waals surface area contributed by atoms with Crippen LogP contribution in [0.4, 0.5) is 0 Å². The molecule has 240 valence electrons. The second-order valence-electron chi connectivity index (χ2n) is 15.9. The molecule has 4 aliphatic carbocycles. The molecule has 5 aliphatic rings. The van der Waals surface area contributed by atoms with Crippen molar-refractivity contribution in [2.24, 2.45) is 39.4 Å². The molecule has 2 saturated carbocycles. The molecule has 0 bridgehead atoms. The Morgan fingerprint density at radius 1 is 0.932 bits per heavy atom. The van der Waals surface area contributed by atoms with Gasteiger partial charge in [-0.3, -0.25) is 14.4 Å². The molecule has 1 heterocycles. The van der Waals surface area contributed by atoms with Crippen molar-refractivity contribution in [2.75, 3.05) is 26.2 Å². The van der Waals surface area contributed by atoms with Gasteiger partial charge >= 0.3 is 5.97 Å². The Hall–Kier alpha value is -2.47. The van der Waals surface area contributed by atoms with Crippen molar-refractivity contribution in [1.82, 2.24) is 10.2 Å². The number of ether oxygens (including phenoxy) is 1. The maximum atomic E-state index is 14.0. The molecule has 0 aromatic heterocycles. The fraction of sp³-hybridized carbons (Fsp3) is 0.711. The van der Waals surface area contributed by atoms with Crippen LogP contribution in [0.15, 0.2) is 41.5 Å². The molecule has 6 atom stereocenters. The number of nitrogens with zero attached hydrogens (tertiary/aromatic N) is 1. The lowest BCUT2D eigenvalue weighted by atomic mass is 9.43. The first-order chi connectivity index (χ1) is 20.9. The van der Waals surface area contributed by atoms with Gasteiger partial charge in [-0.2, -0.15) is 0 Å². The third kappa shape index (κ3) is 5.08. The van der Waals surface area contributed by atoms with Gasteiger partial charge in [0.1, 0.15) is 12.4 Å². The zero-order valence-corrected chi connectivity index (χ0v) is 27.8. The molecular weight excluding hydrogens is 548 g/mol. The summed E-state index contributed by atoms with van der Waals surface area (Å²) in [7, 11) is 0. The van der Waals surface area contributed by atoms with Crippen LogP contribution in [0.1, 0.15) is 104 Å². The second kappa shape index (κ2) is 11.7. The highest BCUT2D eigenvalue weighted by Gasteiger charge is 2.64. The number of ketones is 1. The maximum absolute atomic E-state index is 14.0. The van der Waals surface area contributed by atoms with Crippen LogP contribution in [0.3, 0.4) is 0 Å². The number of nitrogens with one attached hydrogen (secondary N) is 1. The van der Waals surface area contributed by atoms with E-state index in [-0.39, 0.29) is 52.0 Å². The normalized spacial score (nSPS) is 35.4. The fourth-order valence-corrected chi connectivity index (χ4v) is 10.8. The molecule has 1 N–H and O–H groups in total. The molecule has 6 nitrogen and oxygen atoms in total. The SMILES string of the molecule is CC1(C)C(=O)CC[C@]2(C)C3=C(CC[C@@H]12)[C@@]1(C)CC[C@@H]([C@H](CCC(=O)N2CCNCC2)C(=O)OCc2ccccc2)[C@]1(C)CC3. The largest absolute Gasteiger partial charge is 0.461 e. The number of amides is 1. The van der Waals surface area contributed by atoms with Crippen LogP contribution < -0.4 is 5.32 Å². The summed E-state index contributed by atoms with van der Waals surface area (Å²) in [5, 5.41) is 3.33. The summed E-state index contributed by atoms with van der Waals surface area (Å²) in [5.41, 5.74) is 4.07. The third-order valence-corrected chi connectivity index (χ3v) is 13.7. The highest BCUT2D eigenvalue weighted by molar-refractivity contribution is 5.86. The Labute approximate surface area is 264 Å². The molecular formula is C38H54N2O4. The number of benzene rings is 1. The van der Waals surface area contributed by atoms with E-state index in [1.807, 2.05) is 35.2 Å². The van der Waals surface area contributed by atoms with E-state index in [1.165, 1.54) is 0 Å². The fourth-order valence-electron chi connectivity index (χ4n) is 10.8. The Morgan fingerprint density at radius 2 is 1.66 bits per heavy atom. The van der Waals surface area contributed by atoms with Crippen molar-refractivity contribution in [2.45, 2.75) is 105 Å². The maximum Gasteiger partial charge on any atom is 0.309 e. The van der Waals surface area contributed by atoms with Gasteiger partial charge in [0, 0.05) is 44.4 Å². The van der Waals surface area contributed by atoms with Crippen molar-refractivity contribution in [1.29, 1.82) is 0 Å². The summed E-state index contributed by atoms with van der Waals surface area (Å²) in [6, 6.07) is 9.92. The number of Topliss-reactive ketones (excluding diaryl/α,β-unsaturated/α-hetero) is 1. The molecule has 1 aromatic rings. The zero-order valence-electron chi connectivity index (χ0n) is 27.8. The van der Waals surface area contributed by atoms with E-state index in [4.69, 9.17) is 4.74 Å². The van der Waals surface area contributed by atoms with Crippen molar-refractivity contribution >= 4 is 17.7 Å². The molecule has 1 aromatic carbocycles. The minimum absolute atomic E-state index is 0.0192. The first-order valence-corrected chi connectivity index (χ1v) is 17.4. The highest BCUT2D eigenvalue weighted by atomic mass is 16.5. The van der Waals surface area contributed by atoms with E-state index in [2.05, 4.69) is 39.9 Å². The van der Waals surface area contributed by atoms with Crippen LogP contribution in [0.25, 0.3) is 0 Å². The standard InChI is InChI=1S/C38H54N2O4/c1-35(2)31-13-12-30-29(36(31,3)18-17-32(35)41)16-20-37(4)28(15-19-38(30,37)5)27(11-14-33(42)40-23-21-39-22-24-40)34(43)44-25-26-9-7-6-8-10-26/h6-10,27-28,31,39H,11-25H2,1-5H3/t27-,28-,31-,36+,37-,38+/m0/s1. The van der Waals surface area contributed by atoms with Crippen molar-refractivity contribution in [3.8, 4) is 0 Å². The lowest BCUT2D eigenvalue weighted by molar-refractivity contribution is -0.155. The summed E-state index contributed by atoms with van der Waals surface area (Å²) < 4.78 is 6.05. The average Bonchev–Trinajstić information content (AvgIpc) is 3.30. The van der Waals surface area contributed by atoms with Crippen molar-refractivity contribution < 1.29 is 19.1 Å².